The number of unbranched alkanes of at least 4 members (excludes halogenated alkanes) is 2. The minimum atomic E-state index is -0.916. The second kappa shape index (κ2) is 26.9. The molecule has 3 aromatic carbocycles. The normalized spacial score (nSPS) is 18.3. The monoisotopic (exact) mass is 1110 g/mol. The number of thioether (sulfide) groups is 4. The highest BCUT2D eigenvalue weighted by molar-refractivity contribution is 8.26. The molecule has 0 amide bonds. The van der Waals surface area contributed by atoms with E-state index in [2.05, 4.69) is 9.69 Å². The summed E-state index contributed by atoms with van der Waals surface area (Å²) in [5.74, 6) is -5.56. The zero-order chi connectivity index (χ0) is 54.5. The van der Waals surface area contributed by atoms with E-state index >= 15 is 0 Å². The molecule has 76 heavy (non-hydrogen) atoms. The Morgan fingerprint density at radius 1 is 0.500 bits per heavy atom. The van der Waals surface area contributed by atoms with E-state index in [1.807, 2.05) is 13.8 Å². The van der Waals surface area contributed by atoms with Crippen LogP contribution in [0.3, 0.4) is 0 Å². The zero-order valence-electron chi connectivity index (χ0n) is 41.9. The predicted octanol–water partition coefficient (Wildman–Crippen LogP) is 11.4. The van der Waals surface area contributed by atoms with Gasteiger partial charge in [-0.3, -0.25) is 28.8 Å². The van der Waals surface area contributed by atoms with Crippen LogP contribution >= 0.6 is 47.0 Å². The number of esters is 8. The fourth-order valence-electron chi connectivity index (χ4n) is 8.17. The molecular formula is C54H52N2O16S4. The molecule has 0 aromatic heterocycles. The Hall–Kier alpha value is -6.72. The summed E-state index contributed by atoms with van der Waals surface area (Å²) >= 11 is 3.72. The molecule has 2 saturated carbocycles. The minimum Gasteiger partial charge on any atom is -0.467 e. The van der Waals surface area contributed by atoms with Gasteiger partial charge in [-0.1, -0.05) is 73.7 Å². The second-order valence-electron chi connectivity index (χ2n) is 17.7. The van der Waals surface area contributed by atoms with Crippen molar-refractivity contribution in [2.75, 3.05) is 13.2 Å². The lowest BCUT2D eigenvalue weighted by atomic mass is 9.87. The third-order valence-corrected chi connectivity index (χ3v) is 17.3. The molecule has 3 aromatic rings. The van der Waals surface area contributed by atoms with Gasteiger partial charge >= 0.3 is 47.8 Å². The SMILES string of the molecule is [C-]#[N+]C(C(=O)OC1CCC(C(=O)Oc2ccc(C(=O)OCCCC)cc2)CC1)=C1Sc2c(OC(C)=O)c3c(c(OC(C)=O)c2S1)SC(=C([N+]#[C-])C(=O)OC1CCC(C(=O)Oc2ccc(C(=O)OCCCC)cc2)CC1)S3. The molecule has 0 saturated heterocycles. The number of ether oxygens (including phenoxy) is 8. The van der Waals surface area contributed by atoms with Crippen LogP contribution in [0.15, 0.2) is 88.0 Å². The van der Waals surface area contributed by atoms with Crippen molar-refractivity contribution < 1.29 is 76.3 Å². The molecule has 2 fully saturated rings. The summed E-state index contributed by atoms with van der Waals surface area (Å²) in [6.45, 7) is 23.0. The summed E-state index contributed by atoms with van der Waals surface area (Å²) in [7, 11) is 0. The van der Waals surface area contributed by atoms with E-state index in [9.17, 15) is 38.4 Å². The topological polar surface area (TPSA) is 219 Å². The van der Waals surface area contributed by atoms with Crippen LogP contribution in [0.5, 0.6) is 23.0 Å². The summed E-state index contributed by atoms with van der Waals surface area (Å²) in [6, 6.07) is 12.2. The molecule has 2 aliphatic carbocycles. The number of carbonyl (C=O) groups excluding carboxylic acids is 8. The summed E-state index contributed by atoms with van der Waals surface area (Å²) in [5, 5.41) is 0. The average Bonchev–Trinajstić information content (AvgIpc) is 4.06. The van der Waals surface area contributed by atoms with Crippen LogP contribution in [0.2, 0.25) is 0 Å². The molecule has 2 aliphatic heterocycles. The average molecular weight is 1110 g/mol. The second-order valence-corrected chi connectivity index (χ2v) is 22.3. The highest BCUT2D eigenvalue weighted by atomic mass is 32.2. The van der Waals surface area contributed by atoms with Gasteiger partial charge in [0.25, 0.3) is 11.4 Å². The number of hydrogen-bond acceptors (Lipinski definition) is 20. The van der Waals surface area contributed by atoms with Crippen LogP contribution in [0.4, 0.5) is 0 Å². The van der Waals surface area contributed by atoms with Gasteiger partial charge < -0.3 is 37.9 Å². The van der Waals surface area contributed by atoms with E-state index in [0.717, 1.165) is 72.7 Å². The smallest absolute Gasteiger partial charge is 0.338 e. The maximum atomic E-state index is 13.7. The van der Waals surface area contributed by atoms with Crippen LogP contribution < -0.4 is 18.9 Å². The number of benzene rings is 3. The summed E-state index contributed by atoms with van der Waals surface area (Å²) in [4.78, 5) is 111. The first-order valence-electron chi connectivity index (χ1n) is 24.6. The van der Waals surface area contributed by atoms with Gasteiger partial charge in [-0.25, -0.2) is 19.3 Å². The first kappa shape index (κ1) is 57.0. The van der Waals surface area contributed by atoms with Crippen LogP contribution in [0, 0.1) is 25.0 Å². The van der Waals surface area contributed by atoms with Crippen molar-refractivity contribution in [3.63, 3.8) is 0 Å². The van der Waals surface area contributed by atoms with Gasteiger partial charge in [0.1, 0.15) is 23.7 Å². The standard InChI is InChI=1S/C54H52N2O16S4/c1-7-9-27-65-47(59)31-11-19-35(20-12-31)69-49(61)33-15-23-37(24-16-33)71-51(63)39(55-5)53-73-43-41(67-29(3)57)45-46(42(44(43)74-53)68-30(4)58)76-54(75-45)40(56-6)52(64)72-38-25-17-34(18-26-38)50(62)70-36-21-13-32(14-22-36)48(60)66-28-10-8-2/h11-14,19-22,33-34,37-38H,7-10,15-18,23-28H2,1-4H3. The fourth-order valence-corrected chi connectivity index (χ4v) is 13.5. The van der Waals surface area contributed by atoms with Gasteiger partial charge in [0, 0.05) is 13.8 Å². The molecule has 0 spiro atoms. The third-order valence-electron chi connectivity index (χ3n) is 12.1. The molecule has 2 heterocycles. The van der Waals surface area contributed by atoms with Crippen molar-refractivity contribution in [1.82, 2.24) is 0 Å². The van der Waals surface area contributed by atoms with Crippen LogP contribution in [0.1, 0.15) is 125 Å². The molecule has 0 atom stereocenters. The Balaban J connectivity index is 0.976. The van der Waals surface area contributed by atoms with Crippen molar-refractivity contribution in [3.8, 4) is 23.0 Å². The molecule has 0 N–H and O–H groups in total. The maximum Gasteiger partial charge on any atom is 0.338 e. The van der Waals surface area contributed by atoms with E-state index in [4.69, 9.17) is 51.0 Å². The number of nitrogens with zero attached hydrogens (tertiary/aromatic N) is 2. The van der Waals surface area contributed by atoms with Gasteiger partial charge in [-0.2, -0.15) is 0 Å². The highest BCUT2D eigenvalue weighted by Crippen LogP contribution is 2.68. The Labute approximate surface area is 455 Å². The molecule has 18 nitrogen and oxygen atoms in total. The predicted molar refractivity (Wildman–Crippen MR) is 278 cm³/mol. The Morgan fingerprint density at radius 3 is 1.12 bits per heavy atom. The lowest BCUT2D eigenvalue weighted by Crippen LogP contribution is -2.30. The number of rotatable bonds is 18. The Bertz CT molecular complexity index is 2690. The van der Waals surface area contributed by atoms with Gasteiger partial charge in [0.15, 0.2) is 11.5 Å². The lowest BCUT2D eigenvalue weighted by molar-refractivity contribution is -0.149. The number of fused-ring (bicyclic) bond motifs is 2. The zero-order valence-corrected chi connectivity index (χ0v) is 45.2. The van der Waals surface area contributed by atoms with Gasteiger partial charge in [-0.15, -0.1) is 0 Å². The molecule has 7 rings (SSSR count). The van der Waals surface area contributed by atoms with Gasteiger partial charge in [0.2, 0.25) is 0 Å². The maximum absolute atomic E-state index is 13.7. The quantitative estimate of drug-likeness (QED) is 0.0289. The first-order valence-corrected chi connectivity index (χ1v) is 27.8. The fraction of sp³-hybridized carbons (Fsp3) is 0.407. The van der Waals surface area contributed by atoms with Crippen LogP contribution in [-0.2, 0) is 47.7 Å². The Morgan fingerprint density at radius 2 is 0.829 bits per heavy atom. The van der Waals surface area contributed by atoms with Crippen molar-refractivity contribution in [1.29, 1.82) is 0 Å². The van der Waals surface area contributed by atoms with Crippen molar-refractivity contribution in [3.05, 3.63) is 102 Å². The minimum absolute atomic E-state index is 0.000861. The lowest BCUT2D eigenvalue weighted by Gasteiger charge is -2.27. The summed E-state index contributed by atoms with van der Waals surface area (Å²) in [6.07, 6.45) is 4.69. The molecule has 0 bridgehead atoms. The summed E-state index contributed by atoms with van der Waals surface area (Å²) < 4.78 is 45.0. The van der Waals surface area contributed by atoms with Crippen LogP contribution in [-0.4, -0.2) is 73.2 Å². The van der Waals surface area contributed by atoms with Gasteiger partial charge in [0.05, 0.1) is 77.4 Å². The van der Waals surface area contributed by atoms with Crippen molar-refractivity contribution in [2.45, 2.75) is 137 Å². The molecule has 0 unspecified atom stereocenters. The molecular weight excluding hydrogens is 1060 g/mol. The molecule has 0 radical (unpaired) electrons. The number of carbonyl (C=O) groups is 8. The molecule has 398 valence electrons. The van der Waals surface area contributed by atoms with Crippen LogP contribution in [0.25, 0.3) is 9.69 Å². The van der Waals surface area contributed by atoms with Crippen molar-refractivity contribution >= 4 is 94.8 Å². The summed E-state index contributed by atoms with van der Waals surface area (Å²) in [5.41, 5.74) is -0.0687. The van der Waals surface area contributed by atoms with E-state index in [1.54, 1.807) is 0 Å². The van der Waals surface area contributed by atoms with E-state index < -0.39 is 71.8 Å². The largest absolute Gasteiger partial charge is 0.467 e. The highest BCUT2D eigenvalue weighted by Gasteiger charge is 2.42. The first-order chi connectivity index (χ1) is 36.6. The van der Waals surface area contributed by atoms with E-state index in [0.29, 0.717) is 75.7 Å². The van der Waals surface area contributed by atoms with Crippen molar-refractivity contribution in [2.24, 2.45) is 11.8 Å². The van der Waals surface area contributed by atoms with E-state index in [-0.39, 0.29) is 62.4 Å². The Kier molecular flexibility index (Phi) is 20.1. The number of hydrogen-bond donors (Lipinski definition) is 0. The van der Waals surface area contributed by atoms with E-state index in [1.165, 1.54) is 62.4 Å². The molecule has 4 aliphatic rings. The molecule has 22 heteroatoms. The van der Waals surface area contributed by atoms with Gasteiger partial charge in [-0.05, 0) is 113 Å². The third kappa shape index (κ3) is 14.4.